The molecule has 0 aliphatic carbocycles. The monoisotopic (exact) mass is 481 g/mol. The molecule has 0 aliphatic heterocycles. The van der Waals surface area contributed by atoms with Gasteiger partial charge in [-0.25, -0.2) is 4.79 Å². The molecule has 0 rings (SSSR count). The van der Waals surface area contributed by atoms with Crippen molar-refractivity contribution in [2.45, 2.75) is 149 Å². The number of rotatable bonds is 25. The number of carbonyl (C=O) groups excluding carboxylic acids is 2. The van der Waals surface area contributed by atoms with Crippen molar-refractivity contribution in [3.63, 3.8) is 0 Å². The summed E-state index contributed by atoms with van der Waals surface area (Å²) < 4.78 is 0. The van der Waals surface area contributed by atoms with Crippen molar-refractivity contribution in [3.8, 4) is 0 Å². The third kappa shape index (κ3) is 22.5. The van der Waals surface area contributed by atoms with Crippen LogP contribution in [-0.2, 0) is 4.79 Å². The van der Waals surface area contributed by atoms with Gasteiger partial charge in [0.25, 0.3) is 0 Å². The van der Waals surface area contributed by atoms with Crippen LogP contribution in [0.4, 0.5) is 4.79 Å². The standard InChI is InChI=1S/C29H59N3O2/c1-4-7-8-9-10-11-12-13-14-15-16-17-18-19-20-23-26-30-29(34)31-27-24-21-22-25-28(33)32(5-2)6-3/h4-27H2,1-3H3,(H2,30,31,34). The number of carbonyl (C=O) groups is 2. The summed E-state index contributed by atoms with van der Waals surface area (Å²) in [6.07, 6.45) is 25.3. The van der Waals surface area contributed by atoms with Gasteiger partial charge in [-0.1, -0.05) is 110 Å². The van der Waals surface area contributed by atoms with E-state index in [1.807, 2.05) is 18.7 Å². The number of hydrogen-bond donors (Lipinski definition) is 2. The normalized spacial score (nSPS) is 10.9. The van der Waals surface area contributed by atoms with Crippen LogP contribution in [0.15, 0.2) is 0 Å². The maximum Gasteiger partial charge on any atom is 0.314 e. The van der Waals surface area contributed by atoms with Gasteiger partial charge in [-0.3, -0.25) is 4.79 Å². The van der Waals surface area contributed by atoms with E-state index in [2.05, 4.69) is 17.6 Å². The minimum absolute atomic E-state index is 0.0554. The second-order valence-corrected chi connectivity index (χ2v) is 9.86. The zero-order valence-corrected chi connectivity index (χ0v) is 23.2. The summed E-state index contributed by atoms with van der Waals surface area (Å²) in [5.74, 6) is 0.245. The van der Waals surface area contributed by atoms with Gasteiger partial charge in [0, 0.05) is 32.6 Å². The number of unbranched alkanes of at least 4 members (excludes halogenated alkanes) is 17. The molecule has 0 saturated heterocycles. The van der Waals surface area contributed by atoms with Crippen LogP contribution in [0.5, 0.6) is 0 Å². The summed E-state index contributed by atoms with van der Waals surface area (Å²) in [6.45, 7) is 9.35. The molecule has 0 radical (unpaired) electrons. The molecule has 0 aromatic heterocycles. The van der Waals surface area contributed by atoms with Crippen LogP contribution in [-0.4, -0.2) is 43.0 Å². The van der Waals surface area contributed by atoms with E-state index in [1.54, 1.807) is 0 Å². The fourth-order valence-corrected chi connectivity index (χ4v) is 4.45. The van der Waals surface area contributed by atoms with Crippen LogP contribution in [0.2, 0.25) is 0 Å². The van der Waals surface area contributed by atoms with E-state index in [0.29, 0.717) is 13.0 Å². The second-order valence-electron chi connectivity index (χ2n) is 9.86. The molecular weight excluding hydrogens is 422 g/mol. The zero-order chi connectivity index (χ0) is 25.1. The Morgan fingerprint density at radius 1 is 0.500 bits per heavy atom. The molecule has 0 spiro atoms. The molecule has 0 bridgehead atoms. The number of nitrogens with zero attached hydrogens (tertiary/aromatic N) is 1. The molecule has 0 aromatic rings. The van der Waals surface area contributed by atoms with Crippen LogP contribution >= 0.6 is 0 Å². The second kappa shape index (κ2) is 26.3. The molecule has 0 atom stereocenters. The summed E-state index contributed by atoms with van der Waals surface area (Å²) in [4.78, 5) is 25.6. The van der Waals surface area contributed by atoms with E-state index in [-0.39, 0.29) is 11.9 Å². The summed E-state index contributed by atoms with van der Waals surface area (Å²) in [6, 6.07) is -0.0554. The zero-order valence-electron chi connectivity index (χ0n) is 23.2. The highest BCUT2D eigenvalue weighted by Gasteiger charge is 2.08. The Labute approximate surface area is 212 Å². The molecule has 0 heterocycles. The van der Waals surface area contributed by atoms with Crippen LogP contribution in [0.3, 0.4) is 0 Å². The van der Waals surface area contributed by atoms with E-state index in [0.717, 1.165) is 45.3 Å². The molecule has 0 unspecified atom stereocenters. The van der Waals surface area contributed by atoms with E-state index in [9.17, 15) is 9.59 Å². The van der Waals surface area contributed by atoms with E-state index in [4.69, 9.17) is 0 Å². The van der Waals surface area contributed by atoms with Gasteiger partial charge in [-0.2, -0.15) is 0 Å². The first-order valence-electron chi connectivity index (χ1n) is 14.9. The average Bonchev–Trinajstić information content (AvgIpc) is 2.84. The molecule has 0 aliphatic rings. The largest absolute Gasteiger partial charge is 0.343 e. The van der Waals surface area contributed by atoms with Gasteiger partial charge in [0.05, 0.1) is 0 Å². The van der Waals surface area contributed by atoms with Crippen LogP contribution in [0.1, 0.15) is 149 Å². The van der Waals surface area contributed by atoms with Crippen molar-refractivity contribution < 1.29 is 9.59 Å². The lowest BCUT2D eigenvalue weighted by atomic mass is 10.0. The lowest BCUT2D eigenvalue weighted by Crippen LogP contribution is -2.36. The molecule has 0 aromatic carbocycles. The SMILES string of the molecule is CCCCCCCCCCCCCCCCCCNC(=O)NCCCCCC(=O)N(CC)CC. The topological polar surface area (TPSA) is 61.4 Å². The summed E-state index contributed by atoms with van der Waals surface area (Å²) in [5, 5.41) is 5.89. The van der Waals surface area contributed by atoms with Crippen molar-refractivity contribution >= 4 is 11.9 Å². The molecule has 3 amide bonds. The fourth-order valence-electron chi connectivity index (χ4n) is 4.45. The van der Waals surface area contributed by atoms with Gasteiger partial charge in [0.1, 0.15) is 0 Å². The van der Waals surface area contributed by atoms with Crippen molar-refractivity contribution in [1.29, 1.82) is 0 Å². The lowest BCUT2D eigenvalue weighted by molar-refractivity contribution is -0.130. The molecule has 202 valence electrons. The Morgan fingerprint density at radius 3 is 1.24 bits per heavy atom. The highest BCUT2D eigenvalue weighted by atomic mass is 16.2. The van der Waals surface area contributed by atoms with Gasteiger partial charge < -0.3 is 15.5 Å². The first-order valence-corrected chi connectivity index (χ1v) is 14.9. The first kappa shape index (κ1) is 32.7. The Morgan fingerprint density at radius 2 is 0.853 bits per heavy atom. The molecule has 5 nitrogen and oxygen atoms in total. The lowest BCUT2D eigenvalue weighted by Gasteiger charge is -2.18. The first-order chi connectivity index (χ1) is 16.7. The summed E-state index contributed by atoms with van der Waals surface area (Å²) in [7, 11) is 0. The van der Waals surface area contributed by atoms with Crippen molar-refractivity contribution in [3.05, 3.63) is 0 Å². The minimum atomic E-state index is -0.0554. The number of hydrogen-bond acceptors (Lipinski definition) is 2. The van der Waals surface area contributed by atoms with Crippen molar-refractivity contribution in [1.82, 2.24) is 15.5 Å². The Kier molecular flexibility index (Phi) is 25.4. The van der Waals surface area contributed by atoms with Crippen molar-refractivity contribution in [2.75, 3.05) is 26.2 Å². The highest BCUT2D eigenvalue weighted by molar-refractivity contribution is 5.76. The summed E-state index contributed by atoms with van der Waals surface area (Å²) in [5.41, 5.74) is 0. The molecule has 34 heavy (non-hydrogen) atoms. The van der Waals surface area contributed by atoms with E-state index < -0.39 is 0 Å². The Bertz CT molecular complexity index is 453. The number of nitrogens with one attached hydrogen (secondary N) is 2. The number of amides is 3. The smallest absolute Gasteiger partial charge is 0.314 e. The van der Waals surface area contributed by atoms with Crippen LogP contribution in [0, 0.1) is 0 Å². The summed E-state index contributed by atoms with van der Waals surface area (Å²) >= 11 is 0. The van der Waals surface area contributed by atoms with Crippen molar-refractivity contribution in [2.24, 2.45) is 0 Å². The third-order valence-corrected chi connectivity index (χ3v) is 6.79. The van der Waals surface area contributed by atoms with E-state index in [1.165, 1.54) is 96.3 Å². The fraction of sp³-hybridized carbons (Fsp3) is 0.931. The number of urea groups is 1. The average molecular weight is 482 g/mol. The maximum atomic E-state index is 11.9. The minimum Gasteiger partial charge on any atom is -0.343 e. The predicted molar refractivity (Wildman–Crippen MR) is 147 cm³/mol. The quantitative estimate of drug-likeness (QED) is 0.130. The Balaban J connectivity index is 3.26. The van der Waals surface area contributed by atoms with Gasteiger partial charge in [-0.15, -0.1) is 0 Å². The predicted octanol–water partition coefficient (Wildman–Crippen LogP) is 7.98. The molecule has 0 fully saturated rings. The Hall–Kier alpha value is -1.26. The van der Waals surface area contributed by atoms with E-state index >= 15 is 0 Å². The van der Waals surface area contributed by atoms with Gasteiger partial charge in [-0.05, 0) is 33.1 Å². The van der Waals surface area contributed by atoms with Gasteiger partial charge in [0.2, 0.25) is 5.91 Å². The molecular formula is C29H59N3O2. The molecule has 0 saturated carbocycles. The van der Waals surface area contributed by atoms with Gasteiger partial charge >= 0.3 is 6.03 Å². The third-order valence-electron chi connectivity index (χ3n) is 6.79. The van der Waals surface area contributed by atoms with Crippen LogP contribution in [0.25, 0.3) is 0 Å². The van der Waals surface area contributed by atoms with Crippen LogP contribution < -0.4 is 10.6 Å². The molecule has 2 N–H and O–H groups in total. The maximum absolute atomic E-state index is 11.9. The van der Waals surface area contributed by atoms with Gasteiger partial charge in [0.15, 0.2) is 0 Å². The molecule has 5 heteroatoms. The highest BCUT2D eigenvalue weighted by Crippen LogP contribution is 2.13.